The lowest BCUT2D eigenvalue weighted by molar-refractivity contribution is 0.583. The van der Waals surface area contributed by atoms with E-state index < -0.39 is 0 Å². The summed E-state index contributed by atoms with van der Waals surface area (Å²) in [5.41, 5.74) is 2.48. The standard InChI is InChI=1S/C21H15N3O2S3/c1-13-22-14(10-27-13)11-29-21-23-19-18(16(12-28-19)17-8-5-9-26-17)20(25)24(21)15-6-3-2-4-7-15/h2-10,12H,11H2,1H3. The number of hydrogen-bond donors (Lipinski definition) is 0. The van der Waals surface area contributed by atoms with Gasteiger partial charge in [-0.15, -0.1) is 22.7 Å². The molecule has 0 spiro atoms. The van der Waals surface area contributed by atoms with Crippen LogP contribution < -0.4 is 5.56 Å². The highest BCUT2D eigenvalue weighted by Gasteiger charge is 2.19. The molecule has 5 nitrogen and oxygen atoms in total. The van der Waals surface area contributed by atoms with Crippen LogP contribution in [0.5, 0.6) is 0 Å². The molecule has 0 radical (unpaired) electrons. The van der Waals surface area contributed by atoms with Crippen LogP contribution >= 0.6 is 34.4 Å². The molecule has 29 heavy (non-hydrogen) atoms. The van der Waals surface area contributed by atoms with Crippen LogP contribution in [0, 0.1) is 6.92 Å². The highest BCUT2D eigenvalue weighted by molar-refractivity contribution is 7.98. The number of furan rings is 1. The molecule has 4 aromatic heterocycles. The monoisotopic (exact) mass is 437 g/mol. The molecule has 0 fully saturated rings. The molecule has 0 aliphatic carbocycles. The second kappa shape index (κ2) is 7.62. The predicted octanol–water partition coefficient (Wildman–Crippen LogP) is 5.76. The number of aryl methyl sites for hydroxylation is 1. The van der Waals surface area contributed by atoms with Crippen molar-refractivity contribution in [1.82, 2.24) is 14.5 Å². The van der Waals surface area contributed by atoms with Gasteiger partial charge in [-0.3, -0.25) is 9.36 Å². The van der Waals surface area contributed by atoms with Crippen LogP contribution in [0.4, 0.5) is 0 Å². The van der Waals surface area contributed by atoms with E-state index in [9.17, 15) is 4.79 Å². The first-order valence-corrected chi connectivity index (χ1v) is 11.6. The Labute approximate surface area is 178 Å². The summed E-state index contributed by atoms with van der Waals surface area (Å²) in [5.74, 6) is 1.33. The van der Waals surface area contributed by atoms with Crippen LogP contribution in [0.1, 0.15) is 10.7 Å². The molecule has 0 bridgehead atoms. The van der Waals surface area contributed by atoms with E-state index in [1.54, 1.807) is 22.2 Å². The molecular formula is C21H15N3O2S3. The van der Waals surface area contributed by atoms with Gasteiger partial charge in [-0.2, -0.15) is 0 Å². The van der Waals surface area contributed by atoms with Gasteiger partial charge in [0.2, 0.25) is 0 Å². The summed E-state index contributed by atoms with van der Waals surface area (Å²) in [6, 6.07) is 13.3. The van der Waals surface area contributed by atoms with Gasteiger partial charge in [0, 0.05) is 22.1 Å². The van der Waals surface area contributed by atoms with E-state index in [4.69, 9.17) is 9.40 Å². The van der Waals surface area contributed by atoms with Crippen molar-refractivity contribution in [2.75, 3.05) is 0 Å². The van der Waals surface area contributed by atoms with Gasteiger partial charge in [-0.25, -0.2) is 9.97 Å². The Bertz CT molecular complexity index is 1340. The number of thiazole rings is 1. The molecule has 0 aliphatic rings. The van der Waals surface area contributed by atoms with E-state index in [0.29, 0.717) is 26.9 Å². The minimum Gasteiger partial charge on any atom is -0.464 e. The lowest BCUT2D eigenvalue weighted by Crippen LogP contribution is -2.21. The maximum atomic E-state index is 13.6. The molecule has 0 aliphatic heterocycles. The molecular weight excluding hydrogens is 422 g/mol. The van der Waals surface area contributed by atoms with Crippen LogP contribution in [0.25, 0.3) is 27.2 Å². The van der Waals surface area contributed by atoms with Crippen molar-refractivity contribution in [3.63, 3.8) is 0 Å². The number of benzene rings is 1. The molecule has 0 saturated carbocycles. The Morgan fingerprint density at radius 1 is 1.07 bits per heavy atom. The zero-order valence-corrected chi connectivity index (χ0v) is 17.8. The summed E-state index contributed by atoms with van der Waals surface area (Å²) in [7, 11) is 0. The second-order valence-corrected chi connectivity index (χ2v) is 9.19. The van der Waals surface area contributed by atoms with Crippen LogP contribution in [-0.2, 0) is 5.75 Å². The van der Waals surface area contributed by atoms with Gasteiger partial charge in [0.1, 0.15) is 10.6 Å². The fourth-order valence-corrected chi connectivity index (χ4v) is 5.69. The Hall–Kier alpha value is -2.68. The SMILES string of the molecule is Cc1nc(CSc2nc3scc(-c4ccco4)c3c(=O)n2-c2ccccc2)cs1. The van der Waals surface area contributed by atoms with Gasteiger partial charge in [-0.05, 0) is 31.2 Å². The normalized spacial score (nSPS) is 11.3. The molecule has 5 rings (SSSR count). The summed E-state index contributed by atoms with van der Waals surface area (Å²) in [6.45, 7) is 1.99. The van der Waals surface area contributed by atoms with Crippen LogP contribution in [0.3, 0.4) is 0 Å². The largest absolute Gasteiger partial charge is 0.464 e. The number of rotatable bonds is 5. The number of para-hydroxylation sites is 1. The summed E-state index contributed by atoms with van der Waals surface area (Å²) in [5, 5.41) is 6.26. The van der Waals surface area contributed by atoms with Gasteiger partial charge in [0.05, 0.1) is 28.0 Å². The van der Waals surface area contributed by atoms with Crippen molar-refractivity contribution in [2.24, 2.45) is 0 Å². The lowest BCUT2D eigenvalue weighted by atomic mass is 10.2. The number of hydrogen-bond acceptors (Lipinski definition) is 7. The zero-order valence-electron chi connectivity index (χ0n) is 15.4. The topological polar surface area (TPSA) is 60.9 Å². The maximum absolute atomic E-state index is 13.6. The Morgan fingerprint density at radius 2 is 1.93 bits per heavy atom. The van der Waals surface area contributed by atoms with E-state index in [1.807, 2.05) is 60.1 Å². The van der Waals surface area contributed by atoms with Crippen molar-refractivity contribution in [3.8, 4) is 17.0 Å². The first-order chi connectivity index (χ1) is 14.2. The number of aromatic nitrogens is 3. The van der Waals surface area contributed by atoms with Gasteiger partial charge >= 0.3 is 0 Å². The Balaban J connectivity index is 1.68. The Morgan fingerprint density at radius 3 is 2.66 bits per heavy atom. The molecule has 144 valence electrons. The first kappa shape index (κ1) is 18.4. The maximum Gasteiger partial charge on any atom is 0.268 e. The third-order valence-corrected chi connectivity index (χ3v) is 7.06. The quantitative estimate of drug-likeness (QED) is 0.258. The zero-order chi connectivity index (χ0) is 19.8. The van der Waals surface area contributed by atoms with E-state index >= 15 is 0 Å². The van der Waals surface area contributed by atoms with Gasteiger partial charge in [0.15, 0.2) is 5.16 Å². The van der Waals surface area contributed by atoms with E-state index in [0.717, 1.165) is 22.0 Å². The Kier molecular flexibility index (Phi) is 4.83. The average molecular weight is 438 g/mol. The summed E-state index contributed by atoms with van der Waals surface area (Å²) in [4.78, 5) is 23.7. The van der Waals surface area contributed by atoms with Crippen molar-refractivity contribution >= 4 is 44.7 Å². The van der Waals surface area contributed by atoms with Crippen molar-refractivity contribution in [2.45, 2.75) is 17.8 Å². The van der Waals surface area contributed by atoms with Gasteiger partial charge in [-0.1, -0.05) is 30.0 Å². The molecule has 0 atom stereocenters. The fourth-order valence-electron chi connectivity index (χ4n) is 3.10. The van der Waals surface area contributed by atoms with Gasteiger partial charge < -0.3 is 4.42 Å². The van der Waals surface area contributed by atoms with Gasteiger partial charge in [0.25, 0.3) is 5.56 Å². The third-order valence-electron chi connectivity index (χ3n) is 4.39. The van der Waals surface area contributed by atoms with E-state index in [2.05, 4.69) is 4.98 Å². The number of thiophene rings is 1. The highest BCUT2D eigenvalue weighted by Crippen LogP contribution is 2.33. The van der Waals surface area contributed by atoms with Crippen LogP contribution in [0.15, 0.2) is 73.9 Å². The average Bonchev–Trinajstić information content (AvgIpc) is 3.47. The van der Waals surface area contributed by atoms with Crippen LogP contribution in [-0.4, -0.2) is 14.5 Å². The minimum absolute atomic E-state index is 0.0918. The molecule has 1 aromatic carbocycles. The smallest absolute Gasteiger partial charge is 0.268 e. The molecule has 0 amide bonds. The molecule has 8 heteroatoms. The molecule has 0 saturated heterocycles. The summed E-state index contributed by atoms with van der Waals surface area (Å²) < 4.78 is 7.23. The number of fused-ring (bicyclic) bond motifs is 1. The van der Waals surface area contributed by atoms with Crippen molar-refractivity contribution < 1.29 is 4.42 Å². The first-order valence-electron chi connectivity index (χ1n) is 8.88. The van der Waals surface area contributed by atoms with Crippen molar-refractivity contribution in [1.29, 1.82) is 0 Å². The van der Waals surface area contributed by atoms with E-state index in [-0.39, 0.29) is 5.56 Å². The second-order valence-electron chi connectivity index (χ2n) is 6.32. The fraction of sp³-hybridized carbons (Fsp3) is 0.0952. The third kappa shape index (κ3) is 3.43. The lowest BCUT2D eigenvalue weighted by Gasteiger charge is -2.12. The molecule has 4 heterocycles. The minimum atomic E-state index is -0.0918. The van der Waals surface area contributed by atoms with Crippen LogP contribution in [0.2, 0.25) is 0 Å². The predicted molar refractivity (Wildman–Crippen MR) is 119 cm³/mol. The molecule has 0 N–H and O–H groups in total. The molecule has 5 aromatic rings. The highest BCUT2D eigenvalue weighted by atomic mass is 32.2. The molecule has 0 unspecified atom stereocenters. The summed E-state index contributed by atoms with van der Waals surface area (Å²) >= 11 is 4.61. The number of thioether (sulfide) groups is 1. The van der Waals surface area contributed by atoms with Crippen molar-refractivity contribution in [3.05, 3.63) is 80.5 Å². The summed E-state index contributed by atoms with van der Waals surface area (Å²) in [6.07, 6.45) is 1.61. The number of nitrogens with zero attached hydrogens (tertiary/aromatic N) is 3. The van der Waals surface area contributed by atoms with E-state index in [1.165, 1.54) is 23.1 Å².